The van der Waals surface area contributed by atoms with Gasteiger partial charge in [0.15, 0.2) is 17.3 Å². The molecule has 7 heteroatoms. The number of nitrogens with one attached hydrogen (secondary N) is 1. The van der Waals surface area contributed by atoms with E-state index in [9.17, 15) is 9.18 Å². The summed E-state index contributed by atoms with van der Waals surface area (Å²) in [6.45, 7) is 3.91. The fourth-order valence-corrected chi connectivity index (χ4v) is 2.28. The first-order valence-corrected chi connectivity index (χ1v) is 8.05. The summed E-state index contributed by atoms with van der Waals surface area (Å²) < 4.78 is 19.3. The molecule has 1 N–H and O–H groups in total. The predicted octanol–water partition coefficient (Wildman–Crippen LogP) is 3.72. The van der Waals surface area contributed by atoms with E-state index in [4.69, 9.17) is 4.74 Å². The lowest BCUT2D eigenvalue weighted by molar-refractivity contribution is 0.101. The summed E-state index contributed by atoms with van der Waals surface area (Å²) in [5.41, 5.74) is 1.17. The van der Waals surface area contributed by atoms with Gasteiger partial charge in [-0.1, -0.05) is 12.1 Å². The highest BCUT2D eigenvalue weighted by molar-refractivity contribution is 6.02. The Morgan fingerprint density at radius 2 is 1.96 bits per heavy atom. The van der Waals surface area contributed by atoms with E-state index in [2.05, 4.69) is 20.5 Å². The summed E-state index contributed by atoms with van der Waals surface area (Å²) in [6, 6.07) is 13.4. The Morgan fingerprint density at radius 3 is 2.65 bits per heavy atom. The molecule has 0 aliphatic heterocycles. The number of anilines is 1. The van der Waals surface area contributed by atoms with Crippen molar-refractivity contribution in [2.45, 2.75) is 20.0 Å². The van der Waals surface area contributed by atoms with Gasteiger partial charge >= 0.3 is 0 Å². The number of carbonyl (C=O) groups is 1. The van der Waals surface area contributed by atoms with Crippen LogP contribution in [0.15, 0.2) is 54.7 Å². The lowest BCUT2D eigenvalue weighted by atomic mass is 10.1. The van der Waals surface area contributed by atoms with Crippen molar-refractivity contribution in [1.82, 2.24) is 15.2 Å². The van der Waals surface area contributed by atoms with Crippen molar-refractivity contribution >= 4 is 11.7 Å². The number of rotatable bonds is 5. The number of hydrogen-bond acceptors (Lipinski definition) is 5. The Bertz CT molecular complexity index is 913. The Labute approximate surface area is 150 Å². The molecule has 26 heavy (non-hydrogen) atoms. The quantitative estimate of drug-likeness (QED) is 0.757. The van der Waals surface area contributed by atoms with Gasteiger partial charge in [-0.15, -0.1) is 10.2 Å². The van der Waals surface area contributed by atoms with Crippen LogP contribution < -0.4 is 10.1 Å². The van der Waals surface area contributed by atoms with E-state index in [1.165, 1.54) is 18.3 Å². The molecule has 3 aromatic rings. The summed E-state index contributed by atoms with van der Waals surface area (Å²) in [6.07, 6.45) is 1.42. The monoisotopic (exact) mass is 352 g/mol. The molecule has 1 aromatic carbocycles. The fraction of sp³-hybridized carbons (Fsp3) is 0.158. The summed E-state index contributed by atoms with van der Waals surface area (Å²) in [5, 5.41) is 10.5. The van der Waals surface area contributed by atoms with Crippen LogP contribution in [-0.2, 0) is 0 Å². The molecule has 0 atom stereocenters. The molecular weight excluding hydrogens is 335 g/mol. The third kappa shape index (κ3) is 4.18. The number of benzene rings is 1. The molecule has 0 spiro atoms. The topological polar surface area (TPSA) is 77.0 Å². The van der Waals surface area contributed by atoms with Crippen molar-refractivity contribution in [3.8, 4) is 17.0 Å². The molecule has 2 heterocycles. The van der Waals surface area contributed by atoms with Crippen LogP contribution in [0.25, 0.3) is 11.3 Å². The molecule has 2 aromatic heterocycles. The van der Waals surface area contributed by atoms with Crippen molar-refractivity contribution < 1.29 is 13.9 Å². The Kier molecular flexibility index (Phi) is 5.17. The molecule has 0 unspecified atom stereocenters. The Hall–Kier alpha value is -3.35. The maximum Gasteiger partial charge on any atom is 0.278 e. The van der Waals surface area contributed by atoms with Gasteiger partial charge in [0.2, 0.25) is 0 Å². The highest BCUT2D eigenvalue weighted by Gasteiger charge is 2.14. The zero-order chi connectivity index (χ0) is 18.5. The normalized spacial score (nSPS) is 10.6. The van der Waals surface area contributed by atoms with Crippen molar-refractivity contribution in [2.75, 3.05) is 5.32 Å². The van der Waals surface area contributed by atoms with Crippen LogP contribution in [0, 0.1) is 5.82 Å². The fourth-order valence-electron chi connectivity index (χ4n) is 2.28. The van der Waals surface area contributed by atoms with Crippen LogP contribution in [0.1, 0.15) is 24.3 Å². The van der Waals surface area contributed by atoms with Crippen molar-refractivity contribution in [3.05, 3.63) is 66.2 Å². The van der Waals surface area contributed by atoms with Gasteiger partial charge in [-0.2, -0.15) is 0 Å². The third-order valence-electron chi connectivity index (χ3n) is 3.38. The summed E-state index contributed by atoms with van der Waals surface area (Å²) in [4.78, 5) is 15.8. The minimum absolute atomic E-state index is 0.0703. The third-order valence-corrected chi connectivity index (χ3v) is 3.38. The van der Waals surface area contributed by atoms with E-state index in [-0.39, 0.29) is 17.6 Å². The second-order valence-electron chi connectivity index (χ2n) is 5.79. The SMILES string of the molecule is CC(C)Oc1cccc(-c2ccc(NC(=O)c3ncccc3F)nn2)c1. The molecule has 0 bridgehead atoms. The lowest BCUT2D eigenvalue weighted by Crippen LogP contribution is -2.16. The van der Waals surface area contributed by atoms with Gasteiger partial charge in [0.1, 0.15) is 5.75 Å². The van der Waals surface area contributed by atoms with E-state index in [1.807, 2.05) is 38.1 Å². The predicted molar refractivity (Wildman–Crippen MR) is 95.4 cm³/mol. The number of aromatic nitrogens is 3. The number of halogens is 1. The molecule has 1 amide bonds. The standard InChI is InChI=1S/C19H17FN4O2/c1-12(2)26-14-6-3-5-13(11-14)16-8-9-17(24-23-16)22-19(25)18-15(20)7-4-10-21-18/h3-12H,1-2H3,(H,22,24,25). The second-order valence-corrected chi connectivity index (χ2v) is 5.79. The summed E-state index contributed by atoms with van der Waals surface area (Å²) >= 11 is 0. The van der Waals surface area contributed by atoms with Gasteiger partial charge in [0.05, 0.1) is 11.8 Å². The summed E-state index contributed by atoms with van der Waals surface area (Å²) in [5.74, 6) is -0.435. The molecule has 6 nitrogen and oxygen atoms in total. The average molecular weight is 352 g/mol. The minimum atomic E-state index is -0.698. The van der Waals surface area contributed by atoms with E-state index >= 15 is 0 Å². The first kappa shape index (κ1) is 17.5. The van der Waals surface area contributed by atoms with Gasteiger partial charge in [0, 0.05) is 11.8 Å². The number of pyridine rings is 1. The average Bonchev–Trinajstić information content (AvgIpc) is 2.62. The van der Waals surface area contributed by atoms with Gasteiger partial charge in [-0.25, -0.2) is 9.37 Å². The maximum absolute atomic E-state index is 13.6. The first-order valence-electron chi connectivity index (χ1n) is 8.05. The summed E-state index contributed by atoms with van der Waals surface area (Å²) in [7, 11) is 0. The maximum atomic E-state index is 13.6. The minimum Gasteiger partial charge on any atom is -0.491 e. The molecule has 0 aliphatic carbocycles. The van der Waals surface area contributed by atoms with E-state index in [0.29, 0.717) is 5.69 Å². The van der Waals surface area contributed by atoms with Crippen LogP contribution >= 0.6 is 0 Å². The number of carbonyl (C=O) groups excluding carboxylic acids is 1. The lowest BCUT2D eigenvalue weighted by Gasteiger charge is -2.10. The largest absolute Gasteiger partial charge is 0.491 e. The van der Waals surface area contributed by atoms with Crippen LogP contribution in [0.4, 0.5) is 10.2 Å². The zero-order valence-electron chi connectivity index (χ0n) is 14.3. The molecule has 0 radical (unpaired) electrons. The molecule has 3 rings (SSSR count). The number of ether oxygens (including phenoxy) is 1. The van der Waals surface area contributed by atoms with Crippen molar-refractivity contribution in [1.29, 1.82) is 0 Å². The molecule has 0 saturated carbocycles. The smallest absolute Gasteiger partial charge is 0.278 e. The second kappa shape index (κ2) is 7.69. The van der Waals surface area contributed by atoms with Gasteiger partial charge in [0.25, 0.3) is 5.91 Å². The van der Waals surface area contributed by atoms with Crippen molar-refractivity contribution in [2.24, 2.45) is 0 Å². The molecule has 0 saturated heterocycles. The highest BCUT2D eigenvalue weighted by atomic mass is 19.1. The van der Waals surface area contributed by atoms with E-state index in [0.717, 1.165) is 11.3 Å². The molecule has 132 valence electrons. The van der Waals surface area contributed by atoms with Crippen LogP contribution in [0.5, 0.6) is 5.75 Å². The van der Waals surface area contributed by atoms with Crippen LogP contribution in [0.2, 0.25) is 0 Å². The Balaban J connectivity index is 1.75. The van der Waals surface area contributed by atoms with Crippen molar-refractivity contribution in [3.63, 3.8) is 0 Å². The molecular formula is C19H17FN4O2. The van der Waals surface area contributed by atoms with Gasteiger partial charge < -0.3 is 10.1 Å². The van der Waals surface area contributed by atoms with E-state index in [1.54, 1.807) is 12.1 Å². The Morgan fingerprint density at radius 1 is 1.12 bits per heavy atom. The van der Waals surface area contributed by atoms with Gasteiger partial charge in [-0.3, -0.25) is 4.79 Å². The number of hydrogen-bond donors (Lipinski definition) is 1. The molecule has 0 aliphatic rings. The molecule has 0 fully saturated rings. The number of nitrogens with zero attached hydrogens (tertiary/aromatic N) is 3. The van der Waals surface area contributed by atoms with Gasteiger partial charge in [-0.05, 0) is 50.2 Å². The van der Waals surface area contributed by atoms with Crippen LogP contribution in [-0.4, -0.2) is 27.2 Å². The first-order chi connectivity index (χ1) is 12.5. The zero-order valence-corrected chi connectivity index (χ0v) is 14.3. The highest BCUT2D eigenvalue weighted by Crippen LogP contribution is 2.23. The van der Waals surface area contributed by atoms with Crippen LogP contribution in [0.3, 0.4) is 0 Å². The number of amides is 1. The van der Waals surface area contributed by atoms with E-state index < -0.39 is 11.7 Å².